The minimum Gasteiger partial charge on any atom is -0.479 e. The van der Waals surface area contributed by atoms with Crippen LogP contribution in [0.1, 0.15) is 34.6 Å². The molecule has 0 aliphatic heterocycles. The van der Waals surface area contributed by atoms with E-state index >= 15 is 0 Å². The summed E-state index contributed by atoms with van der Waals surface area (Å²) in [6, 6.07) is 0. The van der Waals surface area contributed by atoms with Crippen molar-refractivity contribution in [1.82, 2.24) is 0 Å². The third kappa shape index (κ3) is 124. The Labute approximate surface area is 106 Å². The molecule has 0 rings (SSSR count). The summed E-state index contributed by atoms with van der Waals surface area (Å²) >= 11 is 0. The van der Waals surface area contributed by atoms with E-state index < -0.39 is 12.1 Å². The molecule has 0 heterocycles. The summed E-state index contributed by atoms with van der Waals surface area (Å²) < 4.78 is 0. The van der Waals surface area contributed by atoms with Gasteiger partial charge in [-0.3, -0.25) is 0 Å². The van der Waals surface area contributed by atoms with E-state index in [0.717, 1.165) is 0 Å². The van der Waals surface area contributed by atoms with Crippen LogP contribution in [0.4, 0.5) is 0 Å². The van der Waals surface area contributed by atoms with E-state index in [0.29, 0.717) is 0 Å². The van der Waals surface area contributed by atoms with Crippen LogP contribution in [0.5, 0.6) is 0 Å². The van der Waals surface area contributed by atoms with Crippen LogP contribution < -0.4 is 0 Å². The summed E-state index contributed by atoms with van der Waals surface area (Å²) in [6.45, 7) is 8.09. The van der Waals surface area contributed by atoms with Crippen molar-refractivity contribution in [2.75, 3.05) is 0 Å². The van der Waals surface area contributed by atoms with Crippen molar-refractivity contribution in [3.63, 3.8) is 0 Å². The van der Waals surface area contributed by atoms with Gasteiger partial charge in [0.25, 0.3) is 0 Å². The minimum absolute atomic E-state index is 0. The van der Waals surface area contributed by atoms with Gasteiger partial charge in [0.15, 0.2) is 0 Å². The molecule has 0 bridgehead atoms. The van der Waals surface area contributed by atoms with E-state index in [-0.39, 0.29) is 33.9 Å². The zero-order chi connectivity index (χ0) is 12.3. The smallest absolute Gasteiger partial charge is 0.332 e. The number of aliphatic hydroxyl groups excluding tert-OH is 3. The zero-order valence-corrected chi connectivity index (χ0v) is 11.5. The maximum absolute atomic E-state index is 9.45. The second-order valence-corrected chi connectivity index (χ2v) is 3.20. The summed E-state index contributed by atoms with van der Waals surface area (Å²) in [5, 5.41) is 31.9. The maximum Gasteiger partial charge on any atom is 0.332 e. The zero-order valence-electron chi connectivity index (χ0n) is 9.93. The molecular formula is C9H22O5Ti. The van der Waals surface area contributed by atoms with Crippen molar-refractivity contribution in [3.8, 4) is 0 Å². The van der Waals surface area contributed by atoms with Crippen LogP contribution in [-0.2, 0) is 26.5 Å². The Bertz CT molecular complexity index is 114. The number of carboxylic acids is 1. The van der Waals surface area contributed by atoms with Crippen LogP contribution in [0.3, 0.4) is 0 Å². The third-order valence-electron chi connectivity index (χ3n) is 0.357. The molecule has 0 aliphatic carbocycles. The summed E-state index contributed by atoms with van der Waals surface area (Å²) in [5.41, 5.74) is 0. The molecule has 0 aliphatic rings. The Morgan fingerprint density at radius 2 is 0.933 bits per heavy atom. The van der Waals surface area contributed by atoms with Crippen molar-refractivity contribution in [2.45, 2.75) is 52.9 Å². The van der Waals surface area contributed by atoms with Gasteiger partial charge >= 0.3 is 5.97 Å². The summed E-state index contributed by atoms with van der Waals surface area (Å²) in [5.74, 6) is -1.19. The number of carboxylic acid groups (broad SMARTS) is 1. The standard InChI is InChI=1S/C3H6O3.2C3H8O.Ti/c1-2(4)3(5)6;2*1-3(2)4;/h2,4H,1H3,(H,5,6);2*3-4H,1-2H3;. The van der Waals surface area contributed by atoms with Crippen molar-refractivity contribution in [1.29, 1.82) is 0 Å². The van der Waals surface area contributed by atoms with Gasteiger partial charge in [0, 0.05) is 33.9 Å². The minimum atomic E-state index is -1.23. The Balaban J connectivity index is -0.0000000606. The molecule has 1 atom stereocenters. The number of hydrogen-bond donors (Lipinski definition) is 4. The predicted molar refractivity (Wildman–Crippen MR) is 54.0 cm³/mol. The van der Waals surface area contributed by atoms with Crippen molar-refractivity contribution < 1.29 is 46.9 Å². The van der Waals surface area contributed by atoms with Crippen LogP contribution >= 0.6 is 0 Å². The topological polar surface area (TPSA) is 98.0 Å². The summed E-state index contributed by atoms with van der Waals surface area (Å²) in [4.78, 5) is 9.45. The number of hydrogen-bond acceptors (Lipinski definition) is 4. The Hall–Kier alpha value is 0.0643. The van der Waals surface area contributed by atoms with Gasteiger partial charge in [-0.1, -0.05) is 0 Å². The SMILES string of the molecule is CC(C)O.CC(C)O.CC(O)C(=O)O.[Ti]. The van der Waals surface area contributed by atoms with E-state index in [1.165, 1.54) is 6.92 Å². The van der Waals surface area contributed by atoms with Gasteiger partial charge in [0.05, 0.1) is 0 Å². The fraction of sp³-hybridized carbons (Fsp3) is 0.889. The van der Waals surface area contributed by atoms with Crippen LogP contribution in [-0.4, -0.2) is 44.7 Å². The molecular weight excluding hydrogens is 236 g/mol. The van der Waals surface area contributed by atoms with E-state index in [1.54, 1.807) is 27.7 Å². The van der Waals surface area contributed by atoms with E-state index in [2.05, 4.69) is 0 Å². The fourth-order valence-electron chi connectivity index (χ4n) is 0. The molecule has 0 aromatic rings. The Morgan fingerprint density at radius 1 is 0.867 bits per heavy atom. The summed E-state index contributed by atoms with van der Waals surface area (Å²) in [7, 11) is 0. The van der Waals surface area contributed by atoms with Gasteiger partial charge < -0.3 is 20.4 Å². The molecule has 4 N–H and O–H groups in total. The second-order valence-electron chi connectivity index (χ2n) is 3.20. The second kappa shape index (κ2) is 16.5. The molecule has 0 radical (unpaired) electrons. The van der Waals surface area contributed by atoms with Crippen LogP contribution in [0, 0.1) is 0 Å². The van der Waals surface area contributed by atoms with Gasteiger partial charge in [-0.05, 0) is 34.6 Å². The van der Waals surface area contributed by atoms with Gasteiger partial charge in [0.2, 0.25) is 0 Å². The van der Waals surface area contributed by atoms with Gasteiger partial charge in [-0.25, -0.2) is 4.79 Å². The first kappa shape index (κ1) is 24.3. The van der Waals surface area contributed by atoms with Crippen LogP contribution in [0.2, 0.25) is 0 Å². The summed E-state index contributed by atoms with van der Waals surface area (Å²) in [6.07, 6.45) is -1.56. The van der Waals surface area contributed by atoms with E-state index in [4.69, 9.17) is 20.4 Å². The van der Waals surface area contributed by atoms with Crippen LogP contribution in [0.25, 0.3) is 0 Å². The van der Waals surface area contributed by atoms with Gasteiger partial charge in [-0.2, -0.15) is 0 Å². The largest absolute Gasteiger partial charge is 0.479 e. The predicted octanol–water partition coefficient (Wildman–Crippen LogP) is 0.224. The van der Waals surface area contributed by atoms with Crippen molar-refractivity contribution in [3.05, 3.63) is 0 Å². The van der Waals surface area contributed by atoms with Gasteiger partial charge in [0.1, 0.15) is 6.10 Å². The third-order valence-corrected chi connectivity index (χ3v) is 0.357. The molecule has 0 amide bonds. The normalized spacial score (nSPS) is 10.3. The molecule has 1 unspecified atom stereocenters. The molecule has 0 fully saturated rings. The first-order chi connectivity index (χ1) is 6.11. The Kier molecular flexibility index (Phi) is 26.8. The molecule has 0 spiro atoms. The van der Waals surface area contributed by atoms with E-state index in [1.807, 2.05) is 0 Å². The molecule has 92 valence electrons. The van der Waals surface area contributed by atoms with E-state index in [9.17, 15) is 4.79 Å². The number of rotatable bonds is 1. The first-order valence-corrected chi connectivity index (χ1v) is 4.38. The Morgan fingerprint density at radius 3 is 0.933 bits per heavy atom. The molecule has 0 saturated carbocycles. The number of aliphatic carboxylic acids is 1. The quantitative estimate of drug-likeness (QED) is 0.504. The van der Waals surface area contributed by atoms with Crippen molar-refractivity contribution >= 4 is 5.97 Å². The molecule has 0 aromatic carbocycles. The fourth-order valence-corrected chi connectivity index (χ4v) is 0. The molecule has 15 heavy (non-hydrogen) atoms. The molecule has 5 nitrogen and oxygen atoms in total. The number of carbonyl (C=O) groups is 1. The average molecular weight is 258 g/mol. The monoisotopic (exact) mass is 258 g/mol. The van der Waals surface area contributed by atoms with Crippen molar-refractivity contribution in [2.24, 2.45) is 0 Å². The number of aliphatic hydroxyl groups is 3. The van der Waals surface area contributed by atoms with Gasteiger partial charge in [-0.15, -0.1) is 0 Å². The maximum atomic E-state index is 9.45. The molecule has 0 aromatic heterocycles. The first-order valence-electron chi connectivity index (χ1n) is 4.38. The van der Waals surface area contributed by atoms with Crippen LogP contribution in [0.15, 0.2) is 0 Å². The average Bonchev–Trinajstić information content (AvgIpc) is 1.83. The molecule has 6 heteroatoms. The molecule has 0 saturated heterocycles.